The summed E-state index contributed by atoms with van der Waals surface area (Å²) in [6, 6.07) is 24.5. The summed E-state index contributed by atoms with van der Waals surface area (Å²) in [5.74, 6) is 0.735. The normalized spacial score (nSPS) is 10.8. The molecule has 0 fully saturated rings. The number of nitriles is 1. The van der Waals surface area contributed by atoms with Gasteiger partial charge in [0.05, 0.1) is 10.2 Å². The zero-order valence-corrected chi connectivity index (χ0v) is 19.1. The maximum Gasteiger partial charge on any atom is 0.266 e. The number of nitrogens with one attached hydrogen (secondary N) is 1. The van der Waals surface area contributed by atoms with Crippen LogP contribution in [0.25, 0.3) is 6.08 Å². The smallest absolute Gasteiger partial charge is 0.266 e. The Morgan fingerprint density at radius 3 is 2.39 bits per heavy atom. The van der Waals surface area contributed by atoms with E-state index in [9.17, 15) is 10.1 Å². The average Bonchev–Trinajstić information content (AvgIpc) is 2.78. The monoisotopic (exact) mass is 524 g/mol. The summed E-state index contributed by atoms with van der Waals surface area (Å²) >= 11 is 2.17. The number of anilines is 1. The number of ether oxygens (including phenoxy) is 2. The quantitative estimate of drug-likeness (QED) is 0.229. The number of carbonyl (C=O) groups is 1. The maximum atomic E-state index is 12.5. The molecule has 1 N–H and O–H groups in total. The van der Waals surface area contributed by atoms with Crippen molar-refractivity contribution in [2.24, 2.45) is 0 Å². The van der Waals surface area contributed by atoms with Crippen molar-refractivity contribution in [2.75, 3.05) is 11.9 Å². The molecule has 3 aromatic rings. The molecule has 0 radical (unpaired) electrons. The highest BCUT2D eigenvalue weighted by Gasteiger charge is 2.14. The van der Waals surface area contributed by atoms with Crippen molar-refractivity contribution in [3.05, 3.63) is 93.1 Å². The second-order valence-electron chi connectivity index (χ2n) is 6.53. The van der Waals surface area contributed by atoms with Crippen molar-refractivity contribution in [1.29, 1.82) is 5.26 Å². The van der Waals surface area contributed by atoms with E-state index in [2.05, 4.69) is 27.9 Å². The zero-order valence-electron chi connectivity index (χ0n) is 17.0. The summed E-state index contributed by atoms with van der Waals surface area (Å²) in [5, 5.41) is 12.2. The molecule has 0 spiro atoms. The molecule has 5 nitrogen and oxygen atoms in total. The van der Waals surface area contributed by atoms with Gasteiger partial charge in [0.15, 0.2) is 11.5 Å². The Labute approximate surface area is 195 Å². The Kier molecular flexibility index (Phi) is 8.07. The van der Waals surface area contributed by atoms with E-state index in [4.69, 9.17) is 9.47 Å². The van der Waals surface area contributed by atoms with E-state index < -0.39 is 5.91 Å². The molecule has 0 aliphatic carbocycles. The van der Waals surface area contributed by atoms with E-state index in [1.807, 2.05) is 67.6 Å². The van der Waals surface area contributed by atoms with Gasteiger partial charge in [0.25, 0.3) is 5.91 Å². The van der Waals surface area contributed by atoms with Crippen LogP contribution >= 0.6 is 22.6 Å². The molecule has 0 unspecified atom stereocenters. The first-order valence-electron chi connectivity index (χ1n) is 9.72. The van der Waals surface area contributed by atoms with Crippen LogP contribution in [0.4, 0.5) is 5.69 Å². The molecule has 0 saturated carbocycles. The van der Waals surface area contributed by atoms with E-state index in [-0.39, 0.29) is 5.57 Å². The van der Waals surface area contributed by atoms with E-state index in [0.29, 0.717) is 36.0 Å². The van der Waals surface area contributed by atoms with Crippen LogP contribution in [0.1, 0.15) is 18.1 Å². The van der Waals surface area contributed by atoms with Crippen molar-refractivity contribution in [3.8, 4) is 17.6 Å². The van der Waals surface area contributed by atoms with Crippen molar-refractivity contribution in [3.63, 3.8) is 0 Å². The summed E-state index contributed by atoms with van der Waals surface area (Å²) in [4.78, 5) is 12.5. The van der Waals surface area contributed by atoms with Crippen LogP contribution in [0.2, 0.25) is 0 Å². The summed E-state index contributed by atoms with van der Waals surface area (Å²) < 4.78 is 12.6. The van der Waals surface area contributed by atoms with Crippen LogP contribution < -0.4 is 14.8 Å². The first-order chi connectivity index (χ1) is 15.1. The van der Waals surface area contributed by atoms with Crippen molar-refractivity contribution in [2.45, 2.75) is 13.5 Å². The molecule has 0 aliphatic rings. The van der Waals surface area contributed by atoms with Gasteiger partial charge in [-0.1, -0.05) is 48.5 Å². The second kappa shape index (κ2) is 11.2. The van der Waals surface area contributed by atoms with Crippen molar-refractivity contribution >= 4 is 40.3 Å². The van der Waals surface area contributed by atoms with Crippen LogP contribution in [0.15, 0.2) is 78.4 Å². The predicted octanol–water partition coefficient (Wildman–Crippen LogP) is 5.81. The molecule has 31 heavy (non-hydrogen) atoms. The fraction of sp³-hybridized carbons (Fsp3) is 0.120. The van der Waals surface area contributed by atoms with Gasteiger partial charge >= 0.3 is 0 Å². The molecular formula is C25H21IN2O3. The van der Waals surface area contributed by atoms with Gasteiger partial charge in [-0.25, -0.2) is 0 Å². The van der Waals surface area contributed by atoms with Gasteiger partial charge in [0.1, 0.15) is 18.2 Å². The number of rotatable bonds is 8. The third-order valence-electron chi connectivity index (χ3n) is 4.27. The van der Waals surface area contributed by atoms with Gasteiger partial charge in [-0.3, -0.25) is 4.79 Å². The molecular weight excluding hydrogens is 503 g/mol. The van der Waals surface area contributed by atoms with Crippen LogP contribution in [0, 0.1) is 14.9 Å². The van der Waals surface area contributed by atoms with Gasteiger partial charge in [-0.15, -0.1) is 0 Å². The average molecular weight is 524 g/mol. The summed E-state index contributed by atoms with van der Waals surface area (Å²) in [7, 11) is 0. The third-order valence-corrected chi connectivity index (χ3v) is 5.07. The largest absolute Gasteiger partial charge is 0.490 e. The van der Waals surface area contributed by atoms with E-state index >= 15 is 0 Å². The first-order valence-corrected chi connectivity index (χ1v) is 10.8. The molecule has 6 heteroatoms. The lowest BCUT2D eigenvalue weighted by molar-refractivity contribution is -0.112. The second-order valence-corrected chi connectivity index (χ2v) is 7.69. The molecule has 0 bridgehead atoms. The minimum Gasteiger partial charge on any atom is -0.490 e. The van der Waals surface area contributed by atoms with Crippen LogP contribution in [0.5, 0.6) is 11.5 Å². The number of hydrogen-bond acceptors (Lipinski definition) is 4. The first kappa shape index (κ1) is 22.4. The minimum atomic E-state index is -0.467. The van der Waals surface area contributed by atoms with Gasteiger partial charge in [-0.2, -0.15) is 5.26 Å². The number of amides is 1. The Balaban J connectivity index is 1.84. The Morgan fingerprint density at radius 2 is 1.74 bits per heavy atom. The number of benzene rings is 3. The molecule has 1 amide bonds. The predicted molar refractivity (Wildman–Crippen MR) is 130 cm³/mol. The highest BCUT2D eigenvalue weighted by atomic mass is 127. The SMILES string of the molecule is CCOc1cc(/C=C(/C#N)C(=O)Nc2ccccc2)cc(I)c1OCc1ccccc1. The minimum absolute atomic E-state index is 0.0000513. The number of carbonyl (C=O) groups excluding carboxylic acids is 1. The highest BCUT2D eigenvalue weighted by molar-refractivity contribution is 14.1. The fourth-order valence-electron chi connectivity index (χ4n) is 2.84. The maximum absolute atomic E-state index is 12.5. The van der Waals surface area contributed by atoms with Crippen molar-refractivity contribution in [1.82, 2.24) is 0 Å². The van der Waals surface area contributed by atoms with Gasteiger partial charge in [0, 0.05) is 5.69 Å². The molecule has 0 heterocycles. The Morgan fingerprint density at radius 1 is 1.06 bits per heavy atom. The van der Waals surface area contributed by atoms with Gasteiger partial charge < -0.3 is 14.8 Å². The lowest BCUT2D eigenvalue weighted by atomic mass is 10.1. The number of hydrogen-bond donors (Lipinski definition) is 1. The molecule has 0 aromatic heterocycles. The fourth-order valence-corrected chi connectivity index (χ4v) is 3.62. The molecule has 0 saturated heterocycles. The zero-order chi connectivity index (χ0) is 22.1. The lowest BCUT2D eigenvalue weighted by Gasteiger charge is -2.15. The van der Waals surface area contributed by atoms with Gasteiger partial charge in [0.2, 0.25) is 0 Å². The van der Waals surface area contributed by atoms with E-state index in [1.165, 1.54) is 0 Å². The molecule has 3 aromatic carbocycles. The topological polar surface area (TPSA) is 71.3 Å². The lowest BCUT2D eigenvalue weighted by Crippen LogP contribution is -2.13. The Hall–Kier alpha value is -3.31. The molecule has 3 rings (SSSR count). The number of halogens is 1. The van der Waals surface area contributed by atoms with Crippen LogP contribution in [-0.4, -0.2) is 12.5 Å². The summed E-state index contributed by atoms with van der Waals surface area (Å²) in [6.07, 6.45) is 1.55. The number of para-hydroxylation sites is 1. The van der Waals surface area contributed by atoms with E-state index in [0.717, 1.165) is 9.13 Å². The summed E-state index contributed by atoms with van der Waals surface area (Å²) in [5.41, 5.74) is 2.36. The highest BCUT2D eigenvalue weighted by Crippen LogP contribution is 2.35. The third kappa shape index (κ3) is 6.33. The number of nitrogens with zero attached hydrogens (tertiary/aromatic N) is 1. The summed E-state index contributed by atoms with van der Waals surface area (Å²) in [6.45, 7) is 2.77. The standard InChI is InChI=1S/C25H21IN2O3/c1-2-30-23-15-19(13-20(16-27)25(29)28-21-11-7-4-8-12-21)14-22(26)24(23)31-17-18-9-5-3-6-10-18/h3-15H,2,17H2,1H3,(H,28,29)/b20-13-. The van der Waals surface area contributed by atoms with Gasteiger partial charge in [-0.05, 0) is 71.0 Å². The van der Waals surface area contributed by atoms with Crippen molar-refractivity contribution < 1.29 is 14.3 Å². The van der Waals surface area contributed by atoms with Crippen LogP contribution in [0.3, 0.4) is 0 Å². The van der Waals surface area contributed by atoms with Crippen LogP contribution in [-0.2, 0) is 11.4 Å². The molecule has 156 valence electrons. The molecule has 0 atom stereocenters. The Bertz CT molecular complexity index is 1110. The molecule has 0 aliphatic heterocycles. The van der Waals surface area contributed by atoms with E-state index in [1.54, 1.807) is 24.3 Å².